The first kappa shape index (κ1) is 19.0. The number of rotatable bonds is 8. The highest BCUT2D eigenvalue weighted by Gasteiger charge is 2.55. The maximum atomic E-state index is 12.3. The van der Waals surface area contributed by atoms with Crippen LogP contribution in [0.4, 0.5) is 0 Å². The molecule has 1 aliphatic carbocycles. The van der Waals surface area contributed by atoms with Crippen LogP contribution in [0, 0.1) is 19.3 Å². The molecule has 0 spiro atoms. The van der Waals surface area contributed by atoms with E-state index in [4.69, 9.17) is 9.47 Å². The second kappa shape index (κ2) is 7.68. The first-order chi connectivity index (χ1) is 11.4. The van der Waals surface area contributed by atoms with Crippen LogP contribution in [0.5, 0.6) is 0 Å². The van der Waals surface area contributed by atoms with Crippen molar-refractivity contribution in [1.82, 2.24) is 9.78 Å². The van der Waals surface area contributed by atoms with E-state index in [9.17, 15) is 4.79 Å². The molecule has 1 aliphatic rings. The van der Waals surface area contributed by atoms with Gasteiger partial charge in [-0.3, -0.25) is 9.48 Å². The molecule has 0 aromatic carbocycles. The van der Waals surface area contributed by atoms with E-state index in [1.807, 2.05) is 32.5 Å². The summed E-state index contributed by atoms with van der Waals surface area (Å²) in [7, 11) is 1.93. The van der Waals surface area contributed by atoms with Gasteiger partial charge >= 0.3 is 5.97 Å². The Balaban J connectivity index is 1.93. The first-order valence-corrected chi connectivity index (χ1v) is 9.19. The molecule has 0 unspecified atom stereocenters. The summed E-state index contributed by atoms with van der Waals surface area (Å²) in [5.74, 6) is -0.108. The maximum absolute atomic E-state index is 12.3. The molecule has 1 saturated carbocycles. The Bertz CT molecular complexity index is 575. The smallest absolute Gasteiger partial charge is 0.306 e. The minimum atomic E-state index is -0.108. The zero-order valence-electron chi connectivity index (χ0n) is 16.0. The molecule has 1 aromatic heterocycles. The van der Waals surface area contributed by atoms with E-state index in [2.05, 4.69) is 18.9 Å². The van der Waals surface area contributed by atoms with Crippen molar-refractivity contribution in [3.05, 3.63) is 17.0 Å². The third-order valence-electron chi connectivity index (χ3n) is 5.91. The molecule has 24 heavy (non-hydrogen) atoms. The molecule has 0 amide bonds. The van der Waals surface area contributed by atoms with Crippen LogP contribution in [0.25, 0.3) is 0 Å². The molecule has 5 heteroatoms. The molecular weight excluding hydrogens is 304 g/mol. The molecule has 0 aliphatic heterocycles. The fourth-order valence-corrected chi connectivity index (χ4v) is 4.10. The average molecular weight is 336 g/mol. The minimum absolute atomic E-state index is 0.00681. The lowest BCUT2D eigenvalue weighted by Crippen LogP contribution is -2.59. The molecule has 5 nitrogen and oxygen atoms in total. The lowest BCUT2D eigenvalue weighted by atomic mass is 9.60. The van der Waals surface area contributed by atoms with Gasteiger partial charge in [-0.05, 0) is 45.6 Å². The lowest BCUT2D eigenvalue weighted by Gasteiger charge is -2.54. The number of aromatic nitrogens is 2. The SMILES string of the molecule is CCO[C@H]1C[C@@H](OC(=O)CCc2c(C)nn(C)c2C)C1(CC)CC. The Hall–Kier alpha value is -1.36. The quantitative estimate of drug-likeness (QED) is 0.682. The number of carbonyl (C=O) groups is 1. The van der Waals surface area contributed by atoms with Gasteiger partial charge in [0.1, 0.15) is 6.10 Å². The van der Waals surface area contributed by atoms with Crippen LogP contribution < -0.4 is 0 Å². The van der Waals surface area contributed by atoms with Gasteiger partial charge in [0, 0.05) is 37.6 Å². The van der Waals surface area contributed by atoms with E-state index in [0.29, 0.717) is 19.4 Å². The Morgan fingerprint density at radius 2 is 1.92 bits per heavy atom. The molecule has 1 fully saturated rings. The van der Waals surface area contributed by atoms with Crippen LogP contribution in [-0.4, -0.2) is 34.6 Å². The van der Waals surface area contributed by atoms with Crippen LogP contribution in [0.2, 0.25) is 0 Å². The Morgan fingerprint density at radius 1 is 1.25 bits per heavy atom. The number of esters is 1. The summed E-state index contributed by atoms with van der Waals surface area (Å²) in [6.07, 6.45) is 4.10. The van der Waals surface area contributed by atoms with Gasteiger partial charge < -0.3 is 9.47 Å². The highest BCUT2D eigenvalue weighted by atomic mass is 16.6. The first-order valence-electron chi connectivity index (χ1n) is 9.19. The van der Waals surface area contributed by atoms with Gasteiger partial charge in [-0.1, -0.05) is 13.8 Å². The topological polar surface area (TPSA) is 53.4 Å². The fraction of sp³-hybridized carbons (Fsp3) is 0.789. The molecule has 0 radical (unpaired) electrons. The highest BCUT2D eigenvalue weighted by Crippen LogP contribution is 2.50. The van der Waals surface area contributed by atoms with Crippen LogP contribution in [0.1, 0.15) is 63.4 Å². The molecular formula is C19H32N2O3. The lowest BCUT2D eigenvalue weighted by molar-refractivity contribution is -0.215. The van der Waals surface area contributed by atoms with Crippen LogP contribution in [-0.2, 0) is 27.7 Å². The molecule has 1 aromatic rings. The molecule has 2 rings (SSSR count). The second-order valence-electron chi connectivity index (χ2n) is 6.87. The van der Waals surface area contributed by atoms with Gasteiger partial charge in [-0.15, -0.1) is 0 Å². The molecule has 2 atom stereocenters. The monoisotopic (exact) mass is 336 g/mol. The number of ether oxygens (including phenoxy) is 2. The molecule has 1 heterocycles. The van der Waals surface area contributed by atoms with E-state index < -0.39 is 0 Å². The highest BCUT2D eigenvalue weighted by molar-refractivity contribution is 5.70. The zero-order valence-corrected chi connectivity index (χ0v) is 16.0. The second-order valence-corrected chi connectivity index (χ2v) is 6.87. The summed E-state index contributed by atoms with van der Waals surface area (Å²) in [6, 6.07) is 0. The summed E-state index contributed by atoms with van der Waals surface area (Å²) in [4.78, 5) is 12.3. The predicted octanol–water partition coefficient (Wildman–Crippen LogP) is 3.50. The van der Waals surface area contributed by atoms with Crippen molar-refractivity contribution in [3.8, 4) is 0 Å². The van der Waals surface area contributed by atoms with E-state index in [1.54, 1.807) is 0 Å². The van der Waals surface area contributed by atoms with E-state index in [-0.39, 0.29) is 23.6 Å². The van der Waals surface area contributed by atoms with Gasteiger partial charge in [0.2, 0.25) is 0 Å². The van der Waals surface area contributed by atoms with E-state index in [0.717, 1.165) is 36.2 Å². The number of hydrogen-bond donors (Lipinski definition) is 0. The maximum Gasteiger partial charge on any atom is 0.306 e. The molecule has 0 N–H and O–H groups in total. The summed E-state index contributed by atoms with van der Waals surface area (Å²) in [5, 5.41) is 4.40. The Labute approximate surface area is 145 Å². The number of nitrogens with zero attached hydrogens (tertiary/aromatic N) is 2. The summed E-state index contributed by atoms with van der Waals surface area (Å²) >= 11 is 0. The van der Waals surface area contributed by atoms with Crippen LogP contribution >= 0.6 is 0 Å². The minimum Gasteiger partial charge on any atom is -0.462 e. The normalized spacial score (nSPS) is 22.2. The Kier molecular flexibility index (Phi) is 6.07. The third-order valence-corrected chi connectivity index (χ3v) is 5.91. The van der Waals surface area contributed by atoms with Crippen molar-refractivity contribution >= 4 is 5.97 Å². The van der Waals surface area contributed by atoms with Crippen molar-refractivity contribution in [2.24, 2.45) is 12.5 Å². The van der Waals surface area contributed by atoms with Gasteiger partial charge in [-0.25, -0.2) is 0 Å². The fourth-order valence-electron chi connectivity index (χ4n) is 4.10. The van der Waals surface area contributed by atoms with Crippen molar-refractivity contribution in [1.29, 1.82) is 0 Å². The third kappa shape index (κ3) is 3.37. The van der Waals surface area contributed by atoms with E-state index in [1.165, 1.54) is 0 Å². The summed E-state index contributed by atoms with van der Waals surface area (Å²) in [5.41, 5.74) is 3.27. The van der Waals surface area contributed by atoms with Gasteiger partial charge in [0.05, 0.1) is 11.8 Å². The molecule has 136 valence electrons. The van der Waals surface area contributed by atoms with Crippen molar-refractivity contribution in [3.63, 3.8) is 0 Å². The average Bonchev–Trinajstić information content (AvgIpc) is 2.78. The molecule has 0 saturated heterocycles. The van der Waals surface area contributed by atoms with Crippen molar-refractivity contribution in [2.45, 2.75) is 78.9 Å². The van der Waals surface area contributed by atoms with Gasteiger partial charge in [0.25, 0.3) is 0 Å². The van der Waals surface area contributed by atoms with Gasteiger partial charge in [-0.2, -0.15) is 5.10 Å². The van der Waals surface area contributed by atoms with E-state index >= 15 is 0 Å². The van der Waals surface area contributed by atoms with Crippen LogP contribution in [0.3, 0.4) is 0 Å². The number of aryl methyl sites for hydroxylation is 2. The summed E-state index contributed by atoms with van der Waals surface area (Å²) in [6.45, 7) is 11.1. The summed E-state index contributed by atoms with van der Waals surface area (Å²) < 4.78 is 13.5. The zero-order chi connectivity index (χ0) is 17.9. The predicted molar refractivity (Wildman–Crippen MR) is 93.9 cm³/mol. The number of hydrogen-bond acceptors (Lipinski definition) is 4. The van der Waals surface area contributed by atoms with Crippen molar-refractivity contribution < 1.29 is 14.3 Å². The van der Waals surface area contributed by atoms with Gasteiger partial charge in [0.15, 0.2) is 0 Å². The number of carbonyl (C=O) groups excluding carboxylic acids is 1. The molecule has 0 bridgehead atoms. The van der Waals surface area contributed by atoms with Crippen LogP contribution in [0.15, 0.2) is 0 Å². The largest absolute Gasteiger partial charge is 0.462 e. The standard InChI is InChI=1S/C19H32N2O3/c1-7-19(8-2)16(23-9-3)12-17(19)24-18(22)11-10-15-13(4)20-21(6)14(15)5/h16-17H,7-12H2,1-6H3/t16-,17+/m0/s1. The Morgan fingerprint density at radius 3 is 2.42 bits per heavy atom. The van der Waals surface area contributed by atoms with Crippen molar-refractivity contribution in [2.75, 3.05) is 6.61 Å².